The van der Waals surface area contributed by atoms with Gasteiger partial charge in [0.05, 0.1) is 5.69 Å². The van der Waals surface area contributed by atoms with E-state index in [-0.39, 0.29) is 0 Å². The first-order chi connectivity index (χ1) is 11.7. The number of aryl methyl sites for hydroxylation is 1. The molecule has 0 bridgehead atoms. The molecule has 0 amide bonds. The minimum absolute atomic E-state index is 1.02. The maximum absolute atomic E-state index is 4.84. The molecule has 0 unspecified atom stereocenters. The van der Waals surface area contributed by atoms with Gasteiger partial charge in [0.1, 0.15) is 5.01 Å². The van der Waals surface area contributed by atoms with E-state index in [4.69, 9.17) is 4.98 Å². The molecule has 0 atom stereocenters. The highest BCUT2D eigenvalue weighted by atomic mass is 32.1. The van der Waals surface area contributed by atoms with Gasteiger partial charge in [-0.2, -0.15) is 0 Å². The molecular weight excluding hydrogens is 314 g/mol. The first-order valence-corrected chi connectivity index (χ1v) is 8.72. The Morgan fingerprint density at radius 2 is 1.71 bits per heavy atom. The van der Waals surface area contributed by atoms with Crippen molar-refractivity contribution in [2.24, 2.45) is 0 Å². The second kappa shape index (κ2) is 6.06. The molecule has 4 heteroatoms. The summed E-state index contributed by atoms with van der Waals surface area (Å²) in [5, 5.41) is 3.16. The Labute approximate surface area is 145 Å². The van der Waals surface area contributed by atoms with Crippen LogP contribution in [-0.2, 0) is 0 Å². The summed E-state index contributed by atoms with van der Waals surface area (Å²) >= 11 is 1.67. The standard InChI is InChI=1S/C20H17N3S/c1-14-12-18(15(2)23(14)17-6-4-3-5-7-17)19-13-24-20(22-19)16-8-10-21-11-9-16/h3-13H,1-2H3. The third kappa shape index (κ3) is 2.55. The molecule has 0 N–H and O–H groups in total. The molecule has 3 heterocycles. The Balaban J connectivity index is 1.78. The number of rotatable bonds is 3. The smallest absolute Gasteiger partial charge is 0.124 e. The second-order valence-electron chi connectivity index (χ2n) is 5.73. The minimum Gasteiger partial charge on any atom is -0.318 e. The normalized spacial score (nSPS) is 10.9. The van der Waals surface area contributed by atoms with Gasteiger partial charge in [-0.3, -0.25) is 4.98 Å². The average Bonchev–Trinajstić information content (AvgIpc) is 3.21. The molecule has 0 radical (unpaired) electrons. The van der Waals surface area contributed by atoms with Gasteiger partial charge in [0.15, 0.2) is 0 Å². The highest BCUT2D eigenvalue weighted by Crippen LogP contribution is 2.33. The van der Waals surface area contributed by atoms with E-state index in [1.54, 1.807) is 23.7 Å². The van der Waals surface area contributed by atoms with E-state index in [2.05, 4.69) is 59.1 Å². The molecule has 4 rings (SSSR count). The predicted molar refractivity (Wildman–Crippen MR) is 99.6 cm³/mol. The fraction of sp³-hybridized carbons (Fsp3) is 0.100. The Bertz CT molecular complexity index is 969. The summed E-state index contributed by atoms with van der Waals surface area (Å²) in [7, 11) is 0. The van der Waals surface area contributed by atoms with Crippen LogP contribution in [-0.4, -0.2) is 14.5 Å². The third-order valence-electron chi connectivity index (χ3n) is 4.15. The maximum Gasteiger partial charge on any atom is 0.124 e. The Hall–Kier alpha value is -2.72. The van der Waals surface area contributed by atoms with Crippen LogP contribution in [0.1, 0.15) is 11.4 Å². The van der Waals surface area contributed by atoms with E-state index in [0.717, 1.165) is 16.3 Å². The number of pyridine rings is 1. The SMILES string of the molecule is Cc1cc(-c2csc(-c3ccncc3)n2)c(C)n1-c1ccccc1. The van der Waals surface area contributed by atoms with Crippen LogP contribution in [0.4, 0.5) is 0 Å². The summed E-state index contributed by atoms with van der Waals surface area (Å²) < 4.78 is 2.28. The number of aromatic nitrogens is 3. The molecule has 0 saturated carbocycles. The van der Waals surface area contributed by atoms with Crippen molar-refractivity contribution in [3.63, 3.8) is 0 Å². The van der Waals surface area contributed by atoms with Gasteiger partial charge >= 0.3 is 0 Å². The van der Waals surface area contributed by atoms with Gasteiger partial charge in [0, 0.05) is 46.0 Å². The zero-order chi connectivity index (χ0) is 16.5. The molecule has 118 valence electrons. The monoisotopic (exact) mass is 331 g/mol. The summed E-state index contributed by atoms with van der Waals surface area (Å²) in [5.74, 6) is 0. The number of para-hydroxylation sites is 1. The topological polar surface area (TPSA) is 30.7 Å². The molecule has 3 nitrogen and oxygen atoms in total. The minimum atomic E-state index is 1.02. The summed E-state index contributed by atoms with van der Waals surface area (Å²) in [4.78, 5) is 8.91. The first kappa shape index (κ1) is 14.8. The first-order valence-electron chi connectivity index (χ1n) is 7.84. The zero-order valence-electron chi connectivity index (χ0n) is 13.6. The van der Waals surface area contributed by atoms with Gasteiger partial charge in [-0.25, -0.2) is 4.98 Å². The zero-order valence-corrected chi connectivity index (χ0v) is 14.4. The molecule has 3 aromatic heterocycles. The molecule has 1 aromatic carbocycles. The Morgan fingerprint density at radius 3 is 2.46 bits per heavy atom. The van der Waals surface area contributed by atoms with Crippen molar-refractivity contribution in [3.05, 3.63) is 77.7 Å². The lowest BCUT2D eigenvalue weighted by Crippen LogP contribution is -1.98. The van der Waals surface area contributed by atoms with Crippen molar-refractivity contribution >= 4 is 11.3 Å². The average molecular weight is 331 g/mol. The number of benzene rings is 1. The quantitative estimate of drug-likeness (QED) is 0.511. The van der Waals surface area contributed by atoms with Crippen LogP contribution in [0.5, 0.6) is 0 Å². The highest BCUT2D eigenvalue weighted by molar-refractivity contribution is 7.13. The molecule has 0 aliphatic rings. The molecule has 0 spiro atoms. The maximum atomic E-state index is 4.84. The number of thiazole rings is 1. The van der Waals surface area contributed by atoms with E-state index >= 15 is 0 Å². The van der Waals surface area contributed by atoms with Crippen molar-refractivity contribution in [3.8, 4) is 27.5 Å². The van der Waals surface area contributed by atoms with Crippen LogP contribution in [0.15, 0.2) is 66.3 Å². The molecule has 0 aliphatic heterocycles. The van der Waals surface area contributed by atoms with E-state index < -0.39 is 0 Å². The van der Waals surface area contributed by atoms with Gasteiger partial charge in [0.2, 0.25) is 0 Å². The Kier molecular flexibility index (Phi) is 3.75. The van der Waals surface area contributed by atoms with Crippen LogP contribution >= 0.6 is 11.3 Å². The largest absolute Gasteiger partial charge is 0.318 e. The van der Waals surface area contributed by atoms with E-state index in [1.807, 2.05) is 18.2 Å². The molecule has 0 fully saturated rings. The van der Waals surface area contributed by atoms with Gasteiger partial charge in [0.25, 0.3) is 0 Å². The van der Waals surface area contributed by atoms with Crippen molar-refractivity contribution in [2.75, 3.05) is 0 Å². The van der Waals surface area contributed by atoms with E-state index in [0.29, 0.717) is 0 Å². The predicted octanol–water partition coefficient (Wildman–Crippen LogP) is 5.28. The van der Waals surface area contributed by atoms with Gasteiger partial charge < -0.3 is 4.57 Å². The van der Waals surface area contributed by atoms with Crippen molar-refractivity contribution in [1.29, 1.82) is 0 Å². The van der Waals surface area contributed by atoms with Crippen molar-refractivity contribution in [1.82, 2.24) is 14.5 Å². The summed E-state index contributed by atoms with van der Waals surface area (Å²) in [6.07, 6.45) is 3.61. The van der Waals surface area contributed by atoms with Crippen molar-refractivity contribution < 1.29 is 0 Å². The number of hydrogen-bond donors (Lipinski definition) is 0. The van der Waals surface area contributed by atoms with Gasteiger partial charge in [-0.15, -0.1) is 11.3 Å². The summed E-state index contributed by atoms with van der Waals surface area (Å²) in [6.45, 7) is 4.29. The van der Waals surface area contributed by atoms with Crippen LogP contribution in [0.25, 0.3) is 27.5 Å². The van der Waals surface area contributed by atoms with Gasteiger partial charge in [-0.05, 0) is 44.2 Å². The molecule has 0 saturated heterocycles. The second-order valence-corrected chi connectivity index (χ2v) is 6.59. The Morgan fingerprint density at radius 1 is 0.958 bits per heavy atom. The van der Waals surface area contributed by atoms with Crippen molar-refractivity contribution in [2.45, 2.75) is 13.8 Å². The molecule has 0 aliphatic carbocycles. The summed E-state index contributed by atoms with van der Waals surface area (Å²) in [6, 6.07) is 16.6. The lowest BCUT2D eigenvalue weighted by atomic mass is 10.2. The number of nitrogens with zero attached hydrogens (tertiary/aromatic N) is 3. The summed E-state index contributed by atoms with van der Waals surface area (Å²) in [5.41, 5.74) is 6.94. The third-order valence-corrected chi connectivity index (χ3v) is 5.04. The lowest BCUT2D eigenvalue weighted by Gasteiger charge is -2.09. The lowest BCUT2D eigenvalue weighted by molar-refractivity contribution is 0.966. The van der Waals surface area contributed by atoms with Gasteiger partial charge in [-0.1, -0.05) is 18.2 Å². The number of hydrogen-bond acceptors (Lipinski definition) is 3. The van der Waals surface area contributed by atoms with E-state index in [9.17, 15) is 0 Å². The van der Waals surface area contributed by atoms with Crippen LogP contribution < -0.4 is 0 Å². The van der Waals surface area contributed by atoms with Crippen LogP contribution in [0, 0.1) is 13.8 Å². The van der Waals surface area contributed by atoms with Crippen LogP contribution in [0.3, 0.4) is 0 Å². The van der Waals surface area contributed by atoms with Crippen LogP contribution in [0.2, 0.25) is 0 Å². The molecule has 24 heavy (non-hydrogen) atoms. The molecular formula is C20H17N3S. The van der Waals surface area contributed by atoms with E-state index in [1.165, 1.54) is 22.6 Å². The highest BCUT2D eigenvalue weighted by Gasteiger charge is 2.15. The fourth-order valence-electron chi connectivity index (χ4n) is 3.02. The fourth-order valence-corrected chi connectivity index (χ4v) is 3.85. The molecule has 4 aromatic rings.